The van der Waals surface area contributed by atoms with Crippen LogP contribution in [0.25, 0.3) is 0 Å². The predicted molar refractivity (Wildman–Crippen MR) is 165 cm³/mol. The van der Waals surface area contributed by atoms with E-state index in [0.29, 0.717) is 23.2 Å². The normalized spacial score (nSPS) is 37.5. The van der Waals surface area contributed by atoms with Crippen molar-refractivity contribution in [3.05, 3.63) is 53.6 Å². The summed E-state index contributed by atoms with van der Waals surface area (Å²) in [5.41, 5.74) is 3.15. The second-order valence-corrected chi connectivity index (χ2v) is 16.3. The molecule has 1 aromatic rings. The molecular weight excluding hydrogens is 512 g/mol. The van der Waals surface area contributed by atoms with E-state index < -0.39 is 10.1 Å². The average molecular weight is 567 g/mol. The van der Waals surface area contributed by atoms with Crippen LogP contribution in [-0.2, 0) is 14.3 Å². The van der Waals surface area contributed by atoms with Crippen molar-refractivity contribution in [1.82, 2.24) is 0 Å². The van der Waals surface area contributed by atoms with Crippen molar-refractivity contribution in [2.24, 2.45) is 52.3 Å². The second kappa shape index (κ2) is 11.4. The minimum Gasteiger partial charge on any atom is -0.263 e. The molecule has 0 aromatic heterocycles. The second-order valence-electron chi connectivity index (χ2n) is 14.8. The molecule has 4 heteroatoms. The van der Waals surface area contributed by atoms with E-state index in [1.54, 1.807) is 12.1 Å². The molecule has 0 radical (unpaired) electrons. The van der Waals surface area contributed by atoms with Gasteiger partial charge >= 0.3 is 0 Å². The Morgan fingerprint density at radius 1 is 0.975 bits per heavy atom. The molecule has 3 fully saturated rings. The number of fused-ring (bicyclic) bond motifs is 5. The Labute approximate surface area is 245 Å². The third kappa shape index (κ3) is 5.41. The summed E-state index contributed by atoms with van der Waals surface area (Å²) in [7, 11) is -3.74. The molecule has 1 aromatic carbocycles. The maximum Gasteiger partial charge on any atom is 0.297 e. The monoisotopic (exact) mass is 566 g/mol. The highest BCUT2D eigenvalue weighted by molar-refractivity contribution is 7.86. The molecule has 222 valence electrons. The third-order valence-corrected chi connectivity index (χ3v) is 13.7. The molecule has 5 rings (SSSR count). The first-order valence-electron chi connectivity index (χ1n) is 16.3. The van der Waals surface area contributed by atoms with Crippen LogP contribution in [0.1, 0.15) is 105 Å². The molecule has 3 nitrogen and oxygen atoms in total. The minimum absolute atomic E-state index is 0.187. The van der Waals surface area contributed by atoms with Gasteiger partial charge in [-0.2, -0.15) is 8.42 Å². The van der Waals surface area contributed by atoms with E-state index in [0.717, 1.165) is 54.9 Å². The maximum absolute atomic E-state index is 13.0. The molecule has 0 bridgehead atoms. The van der Waals surface area contributed by atoms with Crippen LogP contribution in [0.5, 0.6) is 0 Å². The number of hydrogen-bond acceptors (Lipinski definition) is 3. The fourth-order valence-electron chi connectivity index (χ4n) is 9.84. The van der Waals surface area contributed by atoms with Crippen molar-refractivity contribution >= 4 is 10.1 Å². The molecule has 0 amide bonds. The Bertz CT molecular complexity index is 1210. The number of benzene rings is 1. The Morgan fingerprint density at radius 3 is 2.38 bits per heavy atom. The summed E-state index contributed by atoms with van der Waals surface area (Å²) in [6, 6.07) is 7.01. The molecule has 0 saturated heterocycles. The lowest BCUT2D eigenvalue weighted by Gasteiger charge is -2.58. The average Bonchev–Trinajstić information content (AvgIpc) is 3.26. The van der Waals surface area contributed by atoms with E-state index in [1.807, 2.05) is 19.1 Å². The van der Waals surface area contributed by atoms with E-state index in [9.17, 15) is 8.42 Å². The zero-order valence-corrected chi connectivity index (χ0v) is 27.0. The quantitative estimate of drug-likeness (QED) is 0.232. The highest BCUT2D eigenvalue weighted by Crippen LogP contribution is 2.67. The summed E-state index contributed by atoms with van der Waals surface area (Å²) in [5.74, 6) is 5.13. The van der Waals surface area contributed by atoms with Crippen LogP contribution in [0.2, 0.25) is 0 Å². The van der Waals surface area contributed by atoms with Crippen LogP contribution in [0, 0.1) is 59.2 Å². The Balaban J connectivity index is 1.28. The van der Waals surface area contributed by atoms with Crippen LogP contribution in [-0.4, -0.2) is 14.5 Å². The zero-order valence-electron chi connectivity index (χ0n) is 26.2. The van der Waals surface area contributed by atoms with Gasteiger partial charge in [0.2, 0.25) is 0 Å². The Hall–Kier alpha value is -1.39. The van der Waals surface area contributed by atoms with Crippen molar-refractivity contribution in [1.29, 1.82) is 0 Å². The van der Waals surface area contributed by atoms with E-state index >= 15 is 0 Å². The molecule has 0 aliphatic heterocycles. The summed E-state index contributed by atoms with van der Waals surface area (Å²) in [4.78, 5) is 0.268. The van der Waals surface area contributed by atoms with Crippen LogP contribution in [0.4, 0.5) is 0 Å². The molecule has 4 aliphatic rings. The molecular formula is C36H54O3S. The highest BCUT2D eigenvalue weighted by Gasteiger charge is 2.59. The first kappa shape index (κ1) is 30.1. The summed E-state index contributed by atoms with van der Waals surface area (Å²) in [5, 5.41) is 0. The fraction of sp³-hybridized carbons (Fsp3) is 0.722. The lowest BCUT2D eigenvalue weighted by atomic mass is 9.47. The van der Waals surface area contributed by atoms with Gasteiger partial charge in [-0.3, -0.25) is 4.18 Å². The third-order valence-electron chi connectivity index (χ3n) is 12.3. The van der Waals surface area contributed by atoms with E-state index in [1.165, 1.54) is 37.7 Å². The van der Waals surface area contributed by atoms with Gasteiger partial charge < -0.3 is 0 Å². The van der Waals surface area contributed by atoms with Crippen molar-refractivity contribution in [2.45, 2.75) is 117 Å². The molecule has 0 unspecified atom stereocenters. The minimum atomic E-state index is -3.74. The van der Waals surface area contributed by atoms with Gasteiger partial charge in [0.25, 0.3) is 10.1 Å². The molecule has 0 N–H and O–H groups in total. The predicted octanol–water partition coefficient (Wildman–Crippen LogP) is 9.52. The van der Waals surface area contributed by atoms with E-state index in [2.05, 4.69) is 59.8 Å². The van der Waals surface area contributed by atoms with E-state index in [4.69, 9.17) is 4.18 Å². The molecule has 9 atom stereocenters. The standard InChI is InChI=1S/C36H54O3S/c1-8-27(24(2)3)12-11-26(5)32-17-18-33-31-16-13-28-23-29(39-40(37,38)30-14-9-25(4)10-15-30)19-21-35(28,6)34(31)20-22-36(32,33)7/h9-15,24,26-27,29,31-34H,8,16-23H2,1-7H3/b12-11+/t26-,27-,29+,31+,32-,33+,34+,35+,36-/m1/s1. The highest BCUT2D eigenvalue weighted by atomic mass is 32.2. The van der Waals surface area contributed by atoms with Crippen LogP contribution in [0.3, 0.4) is 0 Å². The largest absolute Gasteiger partial charge is 0.297 e. The van der Waals surface area contributed by atoms with Gasteiger partial charge in [-0.1, -0.05) is 83.0 Å². The molecule has 0 heterocycles. The van der Waals surface area contributed by atoms with Gasteiger partial charge in [0, 0.05) is 0 Å². The lowest BCUT2D eigenvalue weighted by molar-refractivity contribution is -0.0523. The maximum atomic E-state index is 13.0. The van der Waals surface area contributed by atoms with Crippen LogP contribution < -0.4 is 0 Å². The molecule has 4 aliphatic carbocycles. The SMILES string of the molecule is CC[C@H](/C=C/[C@@H](C)[C@H]1CC[C@H]2[C@@H]3CC=C4C[C@@H](OS(=O)(=O)c5ccc(C)cc5)CC[C@]4(C)[C@H]3CC[C@]12C)C(C)C. The van der Waals surface area contributed by atoms with Gasteiger partial charge in [-0.15, -0.1) is 0 Å². The first-order chi connectivity index (χ1) is 18.9. The van der Waals surface area contributed by atoms with E-state index in [-0.39, 0.29) is 16.4 Å². The number of rotatable bonds is 8. The number of hydrogen-bond donors (Lipinski definition) is 0. The van der Waals surface area contributed by atoms with Gasteiger partial charge in [-0.05, 0) is 129 Å². The van der Waals surface area contributed by atoms with Gasteiger partial charge in [0.05, 0.1) is 11.0 Å². The van der Waals surface area contributed by atoms with Gasteiger partial charge in [-0.25, -0.2) is 0 Å². The van der Waals surface area contributed by atoms with Crippen LogP contribution >= 0.6 is 0 Å². The Morgan fingerprint density at radius 2 is 1.70 bits per heavy atom. The van der Waals surface area contributed by atoms with Gasteiger partial charge in [0.1, 0.15) is 0 Å². The summed E-state index contributed by atoms with van der Waals surface area (Å²) in [6.07, 6.45) is 17.8. The molecule has 0 spiro atoms. The zero-order chi connectivity index (χ0) is 28.9. The van der Waals surface area contributed by atoms with Crippen molar-refractivity contribution in [2.75, 3.05) is 0 Å². The Kier molecular flexibility index (Phi) is 8.54. The van der Waals surface area contributed by atoms with Crippen molar-refractivity contribution < 1.29 is 12.6 Å². The topological polar surface area (TPSA) is 43.4 Å². The number of aryl methyl sites for hydroxylation is 1. The first-order valence-corrected chi connectivity index (χ1v) is 17.7. The van der Waals surface area contributed by atoms with Gasteiger partial charge in [0.15, 0.2) is 0 Å². The fourth-order valence-corrected chi connectivity index (χ4v) is 10.9. The lowest BCUT2D eigenvalue weighted by Crippen LogP contribution is -2.51. The smallest absolute Gasteiger partial charge is 0.263 e. The molecule has 3 saturated carbocycles. The summed E-state index contributed by atoms with van der Waals surface area (Å²) in [6.45, 7) is 16.6. The molecule has 40 heavy (non-hydrogen) atoms. The van der Waals surface area contributed by atoms with Crippen molar-refractivity contribution in [3.8, 4) is 0 Å². The number of allylic oxidation sites excluding steroid dienone is 3. The summed E-state index contributed by atoms with van der Waals surface area (Å²) >= 11 is 0. The summed E-state index contributed by atoms with van der Waals surface area (Å²) < 4.78 is 31.9. The van der Waals surface area contributed by atoms with Crippen LogP contribution in [0.15, 0.2) is 53.0 Å². The van der Waals surface area contributed by atoms with Crippen molar-refractivity contribution in [3.63, 3.8) is 0 Å².